The van der Waals surface area contributed by atoms with Gasteiger partial charge in [0.1, 0.15) is 11.6 Å². The number of methoxy groups -OCH3 is 2. The quantitative estimate of drug-likeness (QED) is 0.0995. The molecule has 5 N–H and O–H groups in total. The Balaban J connectivity index is 0.000000671. The van der Waals surface area contributed by atoms with E-state index >= 15 is 0 Å². The number of H-pyrrole nitrogens is 2. The number of alkyl halides is 3. The molecule has 3 aromatic carbocycles. The second-order valence-corrected chi connectivity index (χ2v) is 10.9. The molecule has 0 spiro atoms. The molecular weight excluding hydrogens is 631 g/mol. The van der Waals surface area contributed by atoms with Crippen LogP contribution in [0.4, 0.5) is 18.0 Å². The number of aromatic nitrogens is 3. The number of aliphatic carboxylic acids is 1. The Morgan fingerprint density at radius 3 is 2.40 bits per heavy atom. The third-order valence-corrected chi connectivity index (χ3v) is 7.60. The summed E-state index contributed by atoms with van der Waals surface area (Å²) in [6.07, 6.45) is -1.34. The lowest BCUT2D eigenvalue weighted by molar-refractivity contribution is -0.192. The molecule has 5 rings (SSSR count). The summed E-state index contributed by atoms with van der Waals surface area (Å²) in [4.78, 5) is 45.2. The van der Waals surface area contributed by atoms with Gasteiger partial charge in [0.15, 0.2) is 0 Å². The number of nitrogens with zero attached hydrogens (tertiary/aromatic N) is 1. The number of hydrogen-bond donors (Lipinski definition) is 5. The maximum Gasteiger partial charge on any atom is 0.490 e. The number of aromatic amines is 2. The van der Waals surface area contributed by atoms with Crippen molar-refractivity contribution in [1.82, 2.24) is 25.6 Å². The van der Waals surface area contributed by atoms with Crippen molar-refractivity contribution in [3.05, 3.63) is 83.9 Å². The van der Waals surface area contributed by atoms with Gasteiger partial charge in [0.05, 0.1) is 38.6 Å². The topological polar surface area (TPSA) is 158 Å². The van der Waals surface area contributed by atoms with E-state index in [1.54, 1.807) is 7.11 Å². The highest BCUT2D eigenvalue weighted by atomic mass is 19.4. The lowest BCUT2D eigenvalue weighted by Crippen LogP contribution is -2.31. The minimum atomic E-state index is -5.08. The first kappa shape index (κ1) is 35.3. The molecule has 14 heteroatoms. The molecule has 0 fully saturated rings. The number of amides is 2. The van der Waals surface area contributed by atoms with Gasteiger partial charge in [-0.05, 0) is 66.8 Å². The predicted octanol–water partition coefficient (Wildman–Crippen LogP) is 6.59. The molecule has 254 valence electrons. The normalized spacial score (nSPS) is 11.8. The van der Waals surface area contributed by atoms with Crippen molar-refractivity contribution in [2.45, 2.75) is 44.8 Å². The van der Waals surface area contributed by atoms with E-state index in [0.29, 0.717) is 18.8 Å². The van der Waals surface area contributed by atoms with Crippen LogP contribution in [-0.2, 0) is 20.7 Å². The summed E-state index contributed by atoms with van der Waals surface area (Å²) in [5.41, 5.74) is 4.76. The highest BCUT2D eigenvalue weighted by molar-refractivity contribution is 5.91. The van der Waals surface area contributed by atoms with Crippen LogP contribution in [0.5, 0.6) is 5.75 Å². The van der Waals surface area contributed by atoms with Gasteiger partial charge in [0, 0.05) is 28.7 Å². The number of benzene rings is 3. The van der Waals surface area contributed by atoms with Crippen molar-refractivity contribution in [3.8, 4) is 17.0 Å². The minimum Gasteiger partial charge on any atom is -0.497 e. The van der Waals surface area contributed by atoms with E-state index in [4.69, 9.17) is 14.6 Å². The molecule has 0 saturated carbocycles. The first-order chi connectivity index (χ1) is 22.9. The van der Waals surface area contributed by atoms with Gasteiger partial charge >= 0.3 is 18.2 Å². The van der Waals surface area contributed by atoms with Crippen LogP contribution < -0.4 is 15.4 Å². The van der Waals surface area contributed by atoms with Crippen molar-refractivity contribution < 1.29 is 42.1 Å². The van der Waals surface area contributed by atoms with Crippen LogP contribution >= 0.6 is 0 Å². The molecule has 11 nitrogen and oxygen atoms in total. The number of imidazole rings is 1. The summed E-state index contributed by atoms with van der Waals surface area (Å²) in [5.74, 6) is -1.42. The lowest BCUT2D eigenvalue weighted by Gasteiger charge is -2.17. The number of carbonyl (C=O) groups is 3. The van der Waals surface area contributed by atoms with E-state index in [1.807, 2.05) is 43.5 Å². The van der Waals surface area contributed by atoms with Crippen LogP contribution in [0.15, 0.2) is 66.9 Å². The van der Waals surface area contributed by atoms with E-state index < -0.39 is 18.2 Å². The number of unbranched alkanes of at least 4 members (excludes halogenated alkanes) is 1. The Morgan fingerprint density at radius 2 is 1.71 bits per heavy atom. The Kier molecular flexibility index (Phi) is 11.7. The highest BCUT2D eigenvalue weighted by Crippen LogP contribution is 2.28. The number of fused-ring (bicyclic) bond motifs is 2. The Bertz CT molecular complexity index is 1880. The first-order valence-corrected chi connectivity index (χ1v) is 15.0. The standard InChI is InChI=1S/C32H35N5O4.C2HF3O2/c1-20-25(26-17-24(40-2)13-14-27(26)35-20)18-30(38)36-28(10-6-7-15-33-32(39)41-3)31-34-19-29(37-31)23-12-11-21-8-4-5-9-22(21)16-23;3-2(4,5)1(6)7/h4-5,8-9,11-14,16-17,19,28,35H,6-7,10,15,18H2,1-3H3,(H,33,39)(H,34,37)(H,36,38);(H,6,7)/t28-;/m0./s1. The van der Waals surface area contributed by atoms with E-state index in [2.05, 4.69) is 60.7 Å². The smallest absolute Gasteiger partial charge is 0.490 e. The van der Waals surface area contributed by atoms with Gasteiger partial charge < -0.3 is 35.2 Å². The van der Waals surface area contributed by atoms with Gasteiger partial charge in [-0.2, -0.15) is 13.2 Å². The number of carboxylic acids is 1. The number of rotatable bonds is 11. The second kappa shape index (κ2) is 15.8. The van der Waals surface area contributed by atoms with Crippen LogP contribution in [0, 0.1) is 6.92 Å². The highest BCUT2D eigenvalue weighted by Gasteiger charge is 2.38. The van der Waals surface area contributed by atoms with E-state index in [1.165, 1.54) is 12.5 Å². The summed E-state index contributed by atoms with van der Waals surface area (Å²) < 4.78 is 41.8. The minimum absolute atomic E-state index is 0.0989. The Hall–Kier alpha value is -5.53. The lowest BCUT2D eigenvalue weighted by atomic mass is 10.0. The average Bonchev–Trinajstić information content (AvgIpc) is 3.68. The van der Waals surface area contributed by atoms with Crippen molar-refractivity contribution in [2.24, 2.45) is 0 Å². The van der Waals surface area contributed by atoms with E-state index in [0.717, 1.165) is 57.4 Å². The summed E-state index contributed by atoms with van der Waals surface area (Å²) in [7, 11) is 2.98. The number of alkyl carbamates (subject to hydrolysis) is 1. The van der Waals surface area contributed by atoms with Crippen LogP contribution in [0.25, 0.3) is 32.9 Å². The number of halogens is 3. The number of aryl methyl sites for hydroxylation is 1. The molecule has 0 aliphatic rings. The van der Waals surface area contributed by atoms with Crippen LogP contribution in [0.3, 0.4) is 0 Å². The molecule has 0 aliphatic heterocycles. The molecule has 0 aliphatic carbocycles. The fraction of sp³-hybridized carbons (Fsp3) is 0.294. The molecule has 2 aromatic heterocycles. The number of hydrogen-bond acceptors (Lipinski definition) is 6. The Labute approximate surface area is 273 Å². The van der Waals surface area contributed by atoms with E-state index in [-0.39, 0.29) is 18.4 Å². The van der Waals surface area contributed by atoms with Crippen molar-refractivity contribution in [1.29, 1.82) is 0 Å². The summed E-state index contributed by atoms with van der Waals surface area (Å²) >= 11 is 0. The van der Waals surface area contributed by atoms with Gasteiger partial charge in [-0.25, -0.2) is 14.6 Å². The second-order valence-electron chi connectivity index (χ2n) is 10.9. The molecule has 2 amide bonds. The van der Waals surface area contributed by atoms with Crippen LogP contribution in [0.2, 0.25) is 0 Å². The number of ether oxygens (including phenoxy) is 2. The Morgan fingerprint density at radius 1 is 0.979 bits per heavy atom. The summed E-state index contributed by atoms with van der Waals surface area (Å²) in [6.45, 7) is 2.47. The summed E-state index contributed by atoms with van der Waals surface area (Å²) in [5, 5.41) is 16.3. The average molecular weight is 668 g/mol. The zero-order valence-electron chi connectivity index (χ0n) is 26.5. The van der Waals surface area contributed by atoms with Crippen molar-refractivity contribution >= 4 is 39.6 Å². The van der Waals surface area contributed by atoms with Crippen LogP contribution in [0.1, 0.15) is 42.4 Å². The number of carboxylic acid groups (broad SMARTS) is 1. The molecule has 0 bridgehead atoms. The molecule has 0 unspecified atom stereocenters. The number of carbonyl (C=O) groups excluding carboxylic acids is 2. The fourth-order valence-electron chi connectivity index (χ4n) is 5.15. The zero-order chi connectivity index (χ0) is 34.8. The fourth-order valence-corrected chi connectivity index (χ4v) is 5.15. The van der Waals surface area contributed by atoms with Gasteiger partial charge in [0.25, 0.3) is 0 Å². The van der Waals surface area contributed by atoms with Gasteiger partial charge in [0.2, 0.25) is 5.91 Å². The van der Waals surface area contributed by atoms with Crippen molar-refractivity contribution in [2.75, 3.05) is 20.8 Å². The zero-order valence-corrected chi connectivity index (χ0v) is 26.5. The predicted molar refractivity (Wildman–Crippen MR) is 174 cm³/mol. The maximum atomic E-state index is 13.4. The van der Waals surface area contributed by atoms with Gasteiger partial charge in [-0.1, -0.05) is 36.4 Å². The first-order valence-electron chi connectivity index (χ1n) is 15.0. The van der Waals surface area contributed by atoms with Gasteiger partial charge in [-0.3, -0.25) is 4.79 Å². The van der Waals surface area contributed by atoms with Gasteiger partial charge in [-0.15, -0.1) is 0 Å². The molecule has 5 aromatic rings. The molecule has 0 saturated heterocycles. The largest absolute Gasteiger partial charge is 0.497 e. The van der Waals surface area contributed by atoms with Crippen LogP contribution in [-0.4, -0.2) is 65.0 Å². The molecular formula is C34H36F3N5O6. The SMILES string of the molecule is COC(=O)NCCCC[C@H](NC(=O)Cc1c(C)[nH]c2ccc(OC)cc12)c1ncc(-c2ccc3ccccc3c2)[nH]1.O=C(O)C(F)(F)F. The summed E-state index contributed by atoms with van der Waals surface area (Å²) in [6, 6.07) is 20.0. The maximum absolute atomic E-state index is 13.4. The molecule has 0 radical (unpaired) electrons. The third-order valence-electron chi connectivity index (χ3n) is 7.60. The van der Waals surface area contributed by atoms with Crippen molar-refractivity contribution in [3.63, 3.8) is 0 Å². The van der Waals surface area contributed by atoms with E-state index in [9.17, 15) is 22.8 Å². The third kappa shape index (κ3) is 9.27. The monoisotopic (exact) mass is 667 g/mol. The molecule has 2 heterocycles. The molecule has 48 heavy (non-hydrogen) atoms. The number of nitrogens with one attached hydrogen (secondary N) is 4. The molecule has 1 atom stereocenters.